The Kier molecular flexibility index (Phi) is 5.34. The maximum atomic E-state index is 13.0. The third kappa shape index (κ3) is 4.27. The summed E-state index contributed by atoms with van der Waals surface area (Å²) in [6.07, 6.45) is 5.06. The summed E-state index contributed by atoms with van der Waals surface area (Å²) in [6, 6.07) is 12.7. The van der Waals surface area contributed by atoms with Crippen LogP contribution < -0.4 is 5.32 Å². The summed E-state index contributed by atoms with van der Waals surface area (Å²) in [5.41, 5.74) is 2.81. The van der Waals surface area contributed by atoms with E-state index in [0.717, 1.165) is 29.8 Å². The first kappa shape index (κ1) is 17.9. The molecule has 1 N–H and O–H groups in total. The zero-order valence-electron chi connectivity index (χ0n) is 15.0. The summed E-state index contributed by atoms with van der Waals surface area (Å²) in [4.78, 5) is 13.4. The van der Waals surface area contributed by atoms with Gasteiger partial charge in [0.15, 0.2) is 0 Å². The van der Waals surface area contributed by atoms with Gasteiger partial charge in [0, 0.05) is 0 Å². The number of aromatic nitrogens is 2. The minimum absolute atomic E-state index is 0.0882. The summed E-state index contributed by atoms with van der Waals surface area (Å²) in [5.74, 6) is -0.382. The predicted molar refractivity (Wildman–Crippen MR) is 105 cm³/mol. The number of hydrogen-bond donors (Lipinski definition) is 1. The molecule has 2 aromatic heterocycles. The summed E-state index contributed by atoms with van der Waals surface area (Å²) < 4.78 is 15.1. The number of carbonyl (C=O) groups excluding carboxylic acids is 1. The zero-order valence-corrected chi connectivity index (χ0v) is 15.8. The summed E-state index contributed by atoms with van der Waals surface area (Å²) in [5, 5.41) is 9.81. The monoisotopic (exact) mass is 383 g/mol. The number of nitrogens with zero attached hydrogens (tertiary/aromatic N) is 2. The van der Waals surface area contributed by atoms with E-state index < -0.39 is 0 Å². The van der Waals surface area contributed by atoms with Crippen LogP contribution in [0.2, 0.25) is 0 Å². The van der Waals surface area contributed by atoms with Crippen LogP contribution in [0.4, 0.5) is 4.39 Å². The Morgan fingerprint density at radius 2 is 2.00 bits per heavy atom. The molecule has 0 bridgehead atoms. The number of hydrogen-bond acceptors (Lipinski definition) is 3. The highest BCUT2D eigenvalue weighted by Crippen LogP contribution is 2.35. The van der Waals surface area contributed by atoms with Crippen LogP contribution in [0.15, 0.2) is 47.8 Å². The normalized spacial score (nSPS) is 14.6. The second-order valence-corrected chi connectivity index (χ2v) is 7.91. The Labute approximate surface area is 162 Å². The van der Waals surface area contributed by atoms with E-state index in [1.807, 2.05) is 0 Å². The lowest BCUT2D eigenvalue weighted by Gasteiger charge is -2.13. The number of halogens is 1. The highest BCUT2D eigenvalue weighted by Gasteiger charge is 2.22. The Morgan fingerprint density at radius 3 is 2.70 bits per heavy atom. The number of benzene rings is 1. The van der Waals surface area contributed by atoms with Crippen LogP contribution in [0.1, 0.15) is 43.0 Å². The highest BCUT2D eigenvalue weighted by molar-refractivity contribution is 7.13. The molecule has 1 aromatic carbocycles. The van der Waals surface area contributed by atoms with Crippen LogP contribution in [-0.2, 0) is 17.8 Å². The fourth-order valence-electron chi connectivity index (χ4n) is 3.61. The molecular formula is C21H22FN3OS. The van der Waals surface area contributed by atoms with Gasteiger partial charge in [-0.1, -0.05) is 31.0 Å². The number of amides is 1. The molecule has 4 rings (SSSR count). The van der Waals surface area contributed by atoms with E-state index in [1.165, 1.54) is 29.9 Å². The lowest BCUT2D eigenvalue weighted by atomic mass is 10.1. The van der Waals surface area contributed by atoms with Gasteiger partial charge in [-0.2, -0.15) is 5.10 Å². The average Bonchev–Trinajstić information content (AvgIpc) is 3.41. The van der Waals surface area contributed by atoms with Gasteiger partial charge in [-0.25, -0.2) is 4.39 Å². The van der Waals surface area contributed by atoms with Gasteiger partial charge in [-0.3, -0.25) is 9.48 Å². The van der Waals surface area contributed by atoms with Crippen molar-refractivity contribution >= 4 is 17.2 Å². The molecule has 1 aliphatic rings. The molecule has 1 fully saturated rings. The predicted octanol–water partition coefficient (Wildman–Crippen LogP) is 4.72. The van der Waals surface area contributed by atoms with E-state index >= 15 is 0 Å². The lowest BCUT2D eigenvalue weighted by molar-refractivity contribution is -0.120. The largest absolute Gasteiger partial charge is 0.350 e. The molecule has 0 atom stereocenters. The third-order valence-electron chi connectivity index (χ3n) is 4.98. The maximum absolute atomic E-state index is 13.0. The van der Waals surface area contributed by atoms with Crippen molar-refractivity contribution in [1.29, 1.82) is 0 Å². The molecule has 0 unspecified atom stereocenters. The summed E-state index contributed by atoms with van der Waals surface area (Å²) in [6.45, 7) is 0.401. The van der Waals surface area contributed by atoms with E-state index in [-0.39, 0.29) is 18.1 Å². The molecule has 4 nitrogen and oxygen atoms in total. The van der Waals surface area contributed by atoms with Crippen LogP contribution in [0.5, 0.6) is 0 Å². The minimum atomic E-state index is -0.294. The first-order valence-electron chi connectivity index (χ1n) is 9.32. The van der Waals surface area contributed by atoms with Crippen LogP contribution in [0.25, 0.3) is 10.6 Å². The van der Waals surface area contributed by atoms with Crippen molar-refractivity contribution in [3.8, 4) is 10.6 Å². The average molecular weight is 383 g/mol. The van der Waals surface area contributed by atoms with E-state index in [0.29, 0.717) is 12.6 Å². The molecule has 3 aromatic rings. The molecule has 140 valence electrons. The fraction of sp³-hybridized carbons (Fsp3) is 0.333. The molecule has 2 heterocycles. The summed E-state index contributed by atoms with van der Waals surface area (Å²) in [7, 11) is 0. The van der Waals surface area contributed by atoms with Gasteiger partial charge in [0.25, 0.3) is 0 Å². The molecule has 0 spiro atoms. The van der Waals surface area contributed by atoms with Gasteiger partial charge in [0.1, 0.15) is 5.82 Å². The van der Waals surface area contributed by atoms with Crippen LogP contribution in [0, 0.1) is 5.82 Å². The summed E-state index contributed by atoms with van der Waals surface area (Å²) >= 11 is 1.71. The number of nitrogens with one attached hydrogen (secondary N) is 1. The standard InChI is InChI=1S/C21H22FN3OS/c22-16-9-7-15(8-10-16)12-21(26)23-14-17-13-19(20-6-3-11-27-20)25(24-17)18-4-1-2-5-18/h3,6-11,13,18H,1-2,4-5,12,14H2,(H,23,26). The van der Waals surface area contributed by atoms with Crippen molar-refractivity contribution in [2.24, 2.45) is 0 Å². The smallest absolute Gasteiger partial charge is 0.224 e. The minimum Gasteiger partial charge on any atom is -0.350 e. The van der Waals surface area contributed by atoms with Crippen LogP contribution >= 0.6 is 11.3 Å². The fourth-order valence-corrected chi connectivity index (χ4v) is 4.34. The maximum Gasteiger partial charge on any atom is 0.224 e. The van der Waals surface area contributed by atoms with Crippen molar-refractivity contribution in [3.63, 3.8) is 0 Å². The van der Waals surface area contributed by atoms with E-state index in [9.17, 15) is 9.18 Å². The van der Waals surface area contributed by atoms with Gasteiger partial charge >= 0.3 is 0 Å². The Bertz CT molecular complexity index is 896. The van der Waals surface area contributed by atoms with E-state index in [2.05, 4.69) is 33.6 Å². The lowest BCUT2D eigenvalue weighted by Crippen LogP contribution is -2.25. The van der Waals surface area contributed by atoms with Crippen molar-refractivity contribution in [2.75, 3.05) is 0 Å². The Hall–Kier alpha value is -2.47. The van der Waals surface area contributed by atoms with E-state index in [4.69, 9.17) is 5.10 Å². The van der Waals surface area contributed by atoms with Gasteiger partial charge in [0.05, 0.1) is 35.3 Å². The van der Waals surface area contributed by atoms with Gasteiger partial charge in [-0.05, 0) is 48.1 Å². The first-order chi connectivity index (χ1) is 13.2. The molecule has 0 saturated heterocycles. The van der Waals surface area contributed by atoms with Crippen molar-refractivity contribution in [1.82, 2.24) is 15.1 Å². The van der Waals surface area contributed by atoms with Gasteiger partial charge < -0.3 is 5.32 Å². The second-order valence-electron chi connectivity index (χ2n) is 6.96. The zero-order chi connectivity index (χ0) is 18.6. The van der Waals surface area contributed by atoms with Crippen molar-refractivity contribution in [3.05, 3.63) is 64.9 Å². The van der Waals surface area contributed by atoms with Gasteiger partial charge in [-0.15, -0.1) is 11.3 Å². The van der Waals surface area contributed by atoms with Crippen molar-refractivity contribution in [2.45, 2.75) is 44.7 Å². The number of thiophene rings is 1. The molecule has 6 heteroatoms. The molecule has 1 aliphatic carbocycles. The van der Waals surface area contributed by atoms with E-state index in [1.54, 1.807) is 23.5 Å². The number of rotatable bonds is 6. The molecule has 1 saturated carbocycles. The molecule has 0 radical (unpaired) electrons. The second kappa shape index (κ2) is 8.05. The first-order valence-corrected chi connectivity index (χ1v) is 10.2. The Morgan fingerprint density at radius 1 is 1.22 bits per heavy atom. The molecule has 27 heavy (non-hydrogen) atoms. The quantitative estimate of drug-likeness (QED) is 0.669. The molecule has 1 amide bonds. The third-order valence-corrected chi connectivity index (χ3v) is 5.87. The molecule has 0 aliphatic heterocycles. The van der Waals surface area contributed by atoms with Crippen molar-refractivity contribution < 1.29 is 9.18 Å². The van der Waals surface area contributed by atoms with Crippen LogP contribution in [0.3, 0.4) is 0 Å². The Balaban J connectivity index is 1.45. The number of carbonyl (C=O) groups is 1. The SMILES string of the molecule is O=C(Cc1ccc(F)cc1)NCc1cc(-c2cccs2)n(C2CCCC2)n1. The van der Waals surface area contributed by atoms with Gasteiger partial charge in [0.2, 0.25) is 5.91 Å². The topological polar surface area (TPSA) is 46.9 Å². The molecular weight excluding hydrogens is 361 g/mol. The highest BCUT2D eigenvalue weighted by atomic mass is 32.1. The van der Waals surface area contributed by atoms with Crippen LogP contribution in [-0.4, -0.2) is 15.7 Å².